The average molecular weight is 286 g/mol. The molecule has 0 atom stereocenters. The molecular weight excluding hydrogens is 268 g/mol. The van der Waals surface area contributed by atoms with Crippen LogP contribution in [0.3, 0.4) is 0 Å². The molecule has 1 aliphatic rings. The molecule has 0 bridgehead atoms. The number of carbonyl (C=O) groups excluding carboxylic acids is 1. The fourth-order valence-corrected chi connectivity index (χ4v) is 2.43. The van der Waals surface area contributed by atoms with Gasteiger partial charge in [-0.15, -0.1) is 5.10 Å². The Morgan fingerprint density at radius 2 is 1.95 bits per heavy atom. The Balaban J connectivity index is 1.83. The summed E-state index contributed by atoms with van der Waals surface area (Å²) in [5.41, 5.74) is 1.48. The third kappa shape index (κ3) is 2.78. The van der Waals surface area contributed by atoms with Crippen molar-refractivity contribution in [3.8, 4) is 5.69 Å². The van der Waals surface area contributed by atoms with E-state index in [4.69, 9.17) is 0 Å². The SMILES string of the molecule is Cc1nnnn1-c1cccc(C(=O)N2CCN(C)CC2)c1. The van der Waals surface area contributed by atoms with Crippen molar-refractivity contribution in [1.29, 1.82) is 0 Å². The maximum absolute atomic E-state index is 12.6. The number of piperazine rings is 1. The predicted molar refractivity (Wildman–Crippen MR) is 77.3 cm³/mol. The van der Waals surface area contributed by atoms with Gasteiger partial charge >= 0.3 is 0 Å². The number of benzene rings is 1. The Morgan fingerprint density at radius 3 is 2.62 bits per heavy atom. The van der Waals surface area contributed by atoms with Crippen molar-refractivity contribution in [3.05, 3.63) is 35.7 Å². The highest BCUT2D eigenvalue weighted by Crippen LogP contribution is 2.13. The molecule has 2 aromatic rings. The van der Waals surface area contributed by atoms with Crippen LogP contribution in [0.5, 0.6) is 0 Å². The lowest BCUT2D eigenvalue weighted by Gasteiger charge is -2.32. The van der Waals surface area contributed by atoms with Crippen LogP contribution in [0.15, 0.2) is 24.3 Å². The molecular formula is C14H18N6O. The van der Waals surface area contributed by atoms with Crippen molar-refractivity contribution in [3.63, 3.8) is 0 Å². The zero-order valence-corrected chi connectivity index (χ0v) is 12.2. The van der Waals surface area contributed by atoms with E-state index in [2.05, 4.69) is 27.5 Å². The Morgan fingerprint density at radius 1 is 1.19 bits per heavy atom. The van der Waals surface area contributed by atoms with E-state index in [1.165, 1.54) is 0 Å². The molecule has 21 heavy (non-hydrogen) atoms. The van der Waals surface area contributed by atoms with Crippen LogP contribution in [0.2, 0.25) is 0 Å². The molecule has 0 saturated carbocycles. The fraction of sp³-hybridized carbons (Fsp3) is 0.429. The first-order valence-corrected chi connectivity index (χ1v) is 6.98. The molecule has 1 aromatic heterocycles. The molecule has 1 saturated heterocycles. The van der Waals surface area contributed by atoms with Gasteiger partial charge in [-0.2, -0.15) is 4.68 Å². The Bertz CT molecular complexity index is 644. The highest BCUT2D eigenvalue weighted by molar-refractivity contribution is 5.94. The van der Waals surface area contributed by atoms with Crippen molar-refractivity contribution in [2.24, 2.45) is 0 Å². The summed E-state index contributed by atoms with van der Waals surface area (Å²) in [6, 6.07) is 7.43. The zero-order valence-electron chi connectivity index (χ0n) is 12.2. The van der Waals surface area contributed by atoms with E-state index in [1.54, 1.807) is 4.68 Å². The average Bonchev–Trinajstić information content (AvgIpc) is 2.94. The molecule has 1 aliphatic heterocycles. The number of tetrazole rings is 1. The molecule has 0 radical (unpaired) electrons. The summed E-state index contributed by atoms with van der Waals surface area (Å²) in [4.78, 5) is 16.7. The minimum atomic E-state index is 0.0654. The number of amides is 1. The van der Waals surface area contributed by atoms with Gasteiger partial charge in [0.05, 0.1) is 5.69 Å². The molecule has 0 N–H and O–H groups in total. The van der Waals surface area contributed by atoms with Gasteiger partial charge in [-0.05, 0) is 42.6 Å². The molecule has 7 nitrogen and oxygen atoms in total. The Kier molecular flexibility index (Phi) is 3.66. The maximum atomic E-state index is 12.6. The van der Waals surface area contributed by atoms with E-state index in [1.807, 2.05) is 36.1 Å². The van der Waals surface area contributed by atoms with Crippen molar-refractivity contribution in [2.75, 3.05) is 33.2 Å². The minimum Gasteiger partial charge on any atom is -0.336 e. The van der Waals surface area contributed by atoms with Crippen LogP contribution < -0.4 is 0 Å². The number of hydrogen-bond acceptors (Lipinski definition) is 5. The largest absolute Gasteiger partial charge is 0.336 e. The summed E-state index contributed by atoms with van der Waals surface area (Å²) in [5, 5.41) is 11.4. The summed E-state index contributed by atoms with van der Waals surface area (Å²) in [7, 11) is 2.07. The summed E-state index contributed by atoms with van der Waals surface area (Å²) in [6.45, 7) is 5.19. The van der Waals surface area contributed by atoms with Gasteiger partial charge in [-0.25, -0.2) is 0 Å². The molecule has 7 heteroatoms. The van der Waals surface area contributed by atoms with Gasteiger partial charge in [-0.1, -0.05) is 6.07 Å². The fourth-order valence-electron chi connectivity index (χ4n) is 2.43. The van der Waals surface area contributed by atoms with E-state index in [0.29, 0.717) is 11.4 Å². The van der Waals surface area contributed by atoms with E-state index in [-0.39, 0.29) is 5.91 Å². The van der Waals surface area contributed by atoms with Crippen molar-refractivity contribution >= 4 is 5.91 Å². The van der Waals surface area contributed by atoms with E-state index >= 15 is 0 Å². The third-order valence-electron chi connectivity index (χ3n) is 3.75. The number of carbonyl (C=O) groups is 1. The van der Waals surface area contributed by atoms with Gasteiger partial charge in [0.15, 0.2) is 5.82 Å². The highest BCUT2D eigenvalue weighted by atomic mass is 16.2. The van der Waals surface area contributed by atoms with Crippen molar-refractivity contribution in [2.45, 2.75) is 6.92 Å². The van der Waals surface area contributed by atoms with Gasteiger partial charge < -0.3 is 9.80 Å². The first kappa shape index (κ1) is 13.7. The van der Waals surface area contributed by atoms with Crippen LogP contribution in [-0.4, -0.2) is 69.1 Å². The molecule has 0 spiro atoms. The smallest absolute Gasteiger partial charge is 0.254 e. The number of aromatic nitrogens is 4. The molecule has 0 aliphatic carbocycles. The summed E-state index contributed by atoms with van der Waals surface area (Å²) in [6.07, 6.45) is 0. The monoisotopic (exact) mass is 286 g/mol. The quantitative estimate of drug-likeness (QED) is 0.797. The summed E-state index contributed by atoms with van der Waals surface area (Å²) < 4.78 is 1.63. The van der Waals surface area contributed by atoms with Gasteiger partial charge in [-0.3, -0.25) is 4.79 Å². The molecule has 0 unspecified atom stereocenters. The lowest BCUT2D eigenvalue weighted by molar-refractivity contribution is 0.0664. The van der Waals surface area contributed by atoms with Gasteiger partial charge in [0.2, 0.25) is 0 Å². The van der Waals surface area contributed by atoms with Crippen LogP contribution in [0.4, 0.5) is 0 Å². The highest BCUT2D eigenvalue weighted by Gasteiger charge is 2.20. The standard InChI is InChI=1S/C14H18N6O/c1-11-15-16-17-20(11)13-5-3-4-12(10-13)14(21)19-8-6-18(2)7-9-19/h3-5,10H,6-9H2,1-2H3. The topological polar surface area (TPSA) is 67.2 Å². The van der Waals surface area contributed by atoms with Crippen LogP contribution in [-0.2, 0) is 0 Å². The van der Waals surface area contributed by atoms with Gasteiger partial charge in [0.25, 0.3) is 5.91 Å². The van der Waals surface area contributed by atoms with Crippen molar-refractivity contribution < 1.29 is 4.79 Å². The number of nitrogens with zero attached hydrogens (tertiary/aromatic N) is 6. The second kappa shape index (κ2) is 5.61. The Labute approximate surface area is 123 Å². The lowest BCUT2D eigenvalue weighted by Crippen LogP contribution is -2.47. The predicted octanol–water partition coefficient (Wildman–Crippen LogP) is 0.358. The van der Waals surface area contributed by atoms with E-state index in [9.17, 15) is 4.79 Å². The molecule has 1 fully saturated rings. The molecule has 110 valence electrons. The number of hydrogen-bond donors (Lipinski definition) is 0. The normalized spacial score (nSPS) is 16.2. The number of rotatable bonds is 2. The number of likely N-dealkylation sites (N-methyl/N-ethyl adjacent to an activating group) is 1. The second-order valence-electron chi connectivity index (χ2n) is 5.28. The van der Waals surface area contributed by atoms with Gasteiger partial charge in [0, 0.05) is 31.7 Å². The summed E-state index contributed by atoms with van der Waals surface area (Å²) >= 11 is 0. The summed E-state index contributed by atoms with van der Waals surface area (Å²) in [5.74, 6) is 0.759. The van der Waals surface area contributed by atoms with E-state index < -0.39 is 0 Å². The van der Waals surface area contributed by atoms with E-state index in [0.717, 1.165) is 31.9 Å². The molecule has 3 rings (SSSR count). The lowest BCUT2D eigenvalue weighted by atomic mass is 10.1. The molecule has 2 heterocycles. The van der Waals surface area contributed by atoms with Crippen molar-refractivity contribution in [1.82, 2.24) is 30.0 Å². The minimum absolute atomic E-state index is 0.0654. The number of aryl methyl sites for hydroxylation is 1. The molecule has 1 aromatic carbocycles. The Hall–Kier alpha value is -2.28. The second-order valence-corrected chi connectivity index (χ2v) is 5.28. The zero-order chi connectivity index (χ0) is 14.8. The van der Waals surface area contributed by atoms with Gasteiger partial charge in [0.1, 0.15) is 0 Å². The molecule has 1 amide bonds. The maximum Gasteiger partial charge on any atom is 0.254 e. The van der Waals surface area contributed by atoms with Crippen LogP contribution in [0.25, 0.3) is 5.69 Å². The third-order valence-corrected chi connectivity index (χ3v) is 3.75. The van der Waals surface area contributed by atoms with Crippen LogP contribution in [0.1, 0.15) is 16.2 Å². The first-order chi connectivity index (χ1) is 10.1. The van der Waals surface area contributed by atoms with Crippen LogP contribution in [0, 0.1) is 6.92 Å². The van der Waals surface area contributed by atoms with Crippen LogP contribution >= 0.6 is 0 Å². The first-order valence-electron chi connectivity index (χ1n) is 6.98.